The highest BCUT2D eigenvalue weighted by atomic mass is 19.4. The molecule has 0 unspecified atom stereocenters. The van der Waals surface area contributed by atoms with Crippen LogP contribution in [-0.4, -0.2) is 15.6 Å². The molecule has 0 bridgehead atoms. The molecule has 1 aliphatic rings. The summed E-state index contributed by atoms with van der Waals surface area (Å²) in [6, 6.07) is 2.60. The highest BCUT2D eigenvalue weighted by Crippen LogP contribution is 2.32. The van der Waals surface area contributed by atoms with Crippen molar-refractivity contribution in [3.05, 3.63) is 42.0 Å². The number of rotatable bonds is 3. The Kier molecular flexibility index (Phi) is 2.92. The molecular weight excluding hydrogens is 274 g/mol. The molecule has 0 atom stereocenters. The first-order valence-corrected chi connectivity index (χ1v) is 6.12. The summed E-state index contributed by atoms with van der Waals surface area (Å²) < 4.78 is 53.2. The number of imidazole rings is 1. The molecule has 2 aromatic rings. The number of nitrogens with zero attached hydrogens (tertiary/aromatic N) is 2. The van der Waals surface area contributed by atoms with Gasteiger partial charge in [-0.05, 0) is 31.0 Å². The molecule has 0 amide bonds. The van der Waals surface area contributed by atoms with Crippen molar-refractivity contribution in [1.82, 2.24) is 9.55 Å². The van der Waals surface area contributed by atoms with Crippen LogP contribution in [-0.2, 0) is 6.18 Å². The molecule has 0 radical (unpaired) electrons. The highest BCUT2D eigenvalue weighted by molar-refractivity contribution is 5.46. The quantitative estimate of drug-likeness (QED) is 0.873. The number of aromatic nitrogens is 2. The number of hydrogen-bond donors (Lipinski definition) is 1. The standard InChI is InChI=1S/C13H11F4N3/c14-10-4-1-8(13(15,16)17)7-11(10)20-6-5-18-12(20)19-9-2-3-9/h1,4-7,9H,2-3H2,(H,18,19). The summed E-state index contributed by atoms with van der Waals surface area (Å²) in [5, 5.41) is 3.05. The van der Waals surface area contributed by atoms with Gasteiger partial charge in [-0.3, -0.25) is 4.57 Å². The summed E-state index contributed by atoms with van der Waals surface area (Å²) in [5.74, 6) is -0.374. The smallest absolute Gasteiger partial charge is 0.353 e. The molecule has 0 spiro atoms. The number of nitrogens with one attached hydrogen (secondary N) is 1. The number of anilines is 1. The topological polar surface area (TPSA) is 29.9 Å². The van der Waals surface area contributed by atoms with Gasteiger partial charge in [0.25, 0.3) is 0 Å². The lowest BCUT2D eigenvalue weighted by atomic mass is 10.2. The van der Waals surface area contributed by atoms with E-state index in [2.05, 4.69) is 10.3 Å². The number of hydrogen-bond acceptors (Lipinski definition) is 2. The number of benzene rings is 1. The maximum atomic E-state index is 13.8. The lowest BCUT2D eigenvalue weighted by Gasteiger charge is -2.13. The molecule has 1 aliphatic carbocycles. The van der Waals surface area contributed by atoms with Gasteiger partial charge in [0.05, 0.1) is 11.3 Å². The number of alkyl halides is 3. The predicted molar refractivity (Wildman–Crippen MR) is 65.2 cm³/mol. The Labute approximate surface area is 112 Å². The van der Waals surface area contributed by atoms with E-state index in [9.17, 15) is 17.6 Å². The lowest BCUT2D eigenvalue weighted by molar-refractivity contribution is -0.137. The van der Waals surface area contributed by atoms with E-state index < -0.39 is 17.6 Å². The van der Waals surface area contributed by atoms with Crippen LogP contribution in [0.3, 0.4) is 0 Å². The molecule has 0 saturated heterocycles. The normalized spacial score (nSPS) is 15.4. The van der Waals surface area contributed by atoms with E-state index >= 15 is 0 Å². The summed E-state index contributed by atoms with van der Waals surface area (Å²) in [7, 11) is 0. The fraction of sp³-hybridized carbons (Fsp3) is 0.308. The van der Waals surface area contributed by atoms with E-state index in [1.54, 1.807) is 0 Å². The first-order chi connectivity index (χ1) is 9.45. The summed E-state index contributed by atoms with van der Waals surface area (Å²) in [6.45, 7) is 0. The first kappa shape index (κ1) is 13.0. The van der Waals surface area contributed by atoms with Crippen LogP contribution in [0.1, 0.15) is 18.4 Å². The second-order valence-electron chi connectivity index (χ2n) is 4.70. The van der Waals surface area contributed by atoms with E-state index in [4.69, 9.17) is 0 Å². The zero-order valence-electron chi connectivity index (χ0n) is 10.3. The van der Waals surface area contributed by atoms with Gasteiger partial charge in [0.2, 0.25) is 5.95 Å². The fourth-order valence-corrected chi connectivity index (χ4v) is 1.89. The van der Waals surface area contributed by atoms with Crippen molar-refractivity contribution in [3.63, 3.8) is 0 Å². The molecule has 3 rings (SSSR count). The third-order valence-electron chi connectivity index (χ3n) is 3.08. The highest BCUT2D eigenvalue weighted by Gasteiger charge is 2.31. The fourth-order valence-electron chi connectivity index (χ4n) is 1.89. The van der Waals surface area contributed by atoms with Crippen LogP contribution < -0.4 is 5.32 Å². The molecule has 20 heavy (non-hydrogen) atoms. The van der Waals surface area contributed by atoms with Crippen molar-refractivity contribution in [2.75, 3.05) is 5.32 Å². The molecule has 1 aromatic carbocycles. The maximum absolute atomic E-state index is 13.8. The van der Waals surface area contributed by atoms with Gasteiger partial charge < -0.3 is 5.32 Å². The second kappa shape index (κ2) is 4.50. The Balaban J connectivity index is 2.02. The Morgan fingerprint density at radius 3 is 2.65 bits per heavy atom. The first-order valence-electron chi connectivity index (χ1n) is 6.12. The largest absolute Gasteiger partial charge is 0.416 e. The van der Waals surface area contributed by atoms with Crippen LogP contribution in [0.25, 0.3) is 5.69 Å². The van der Waals surface area contributed by atoms with Crippen LogP contribution in [0.5, 0.6) is 0 Å². The SMILES string of the molecule is Fc1ccc(C(F)(F)F)cc1-n1ccnc1NC1CC1. The van der Waals surface area contributed by atoms with Gasteiger partial charge in [-0.1, -0.05) is 0 Å². The van der Waals surface area contributed by atoms with Crippen molar-refractivity contribution in [2.45, 2.75) is 25.1 Å². The molecule has 7 heteroatoms. The summed E-state index contributed by atoms with van der Waals surface area (Å²) in [5.41, 5.74) is -1.06. The van der Waals surface area contributed by atoms with E-state index in [0.29, 0.717) is 5.95 Å². The summed E-state index contributed by atoms with van der Waals surface area (Å²) in [4.78, 5) is 4.01. The number of halogens is 4. The van der Waals surface area contributed by atoms with Crippen LogP contribution in [0, 0.1) is 5.82 Å². The molecule has 1 fully saturated rings. The van der Waals surface area contributed by atoms with Crippen molar-refractivity contribution < 1.29 is 17.6 Å². The van der Waals surface area contributed by atoms with Crippen LogP contribution >= 0.6 is 0 Å². The van der Waals surface area contributed by atoms with Crippen LogP contribution in [0.2, 0.25) is 0 Å². The minimum absolute atomic E-state index is 0.166. The molecule has 3 nitrogen and oxygen atoms in total. The lowest BCUT2D eigenvalue weighted by Crippen LogP contribution is -2.11. The van der Waals surface area contributed by atoms with Gasteiger partial charge in [0.1, 0.15) is 5.82 Å². The predicted octanol–water partition coefficient (Wildman–Crippen LogP) is 3.60. The van der Waals surface area contributed by atoms with Crippen molar-refractivity contribution in [3.8, 4) is 5.69 Å². The molecule has 0 aliphatic heterocycles. The summed E-state index contributed by atoms with van der Waals surface area (Å²) >= 11 is 0. The zero-order valence-corrected chi connectivity index (χ0v) is 10.3. The Morgan fingerprint density at radius 1 is 1.25 bits per heavy atom. The molecule has 1 heterocycles. The van der Waals surface area contributed by atoms with E-state index in [0.717, 1.165) is 31.0 Å². The van der Waals surface area contributed by atoms with Crippen molar-refractivity contribution in [1.29, 1.82) is 0 Å². The van der Waals surface area contributed by atoms with Gasteiger partial charge in [0.15, 0.2) is 0 Å². The molecule has 1 saturated carbocycles. The van der Waals surface area contributed by atoms with Gasteiger partial charge in [-0.25, -0.2) is 9.37 Å². The molecule has 106 valence electrons. The van der Waals surface area contributed by atoms with Crippen molar-refractivity contribution in [2.24, 2.45) is 0 Å². The van der Waals surface area contributed by atoms with Crippen LogP contribution in [0.15, 0.2) is 30.6 Å². The van der Waals surface area contributed by atoms with E-state index in [1.165, 1.54) is 17.0 Å². The Hall–Kier alpha value is -2.05. The minimum atomic E-state index is -4.51. The monoisotopic (exact) mass is 285 g/mol. The third kappa shape index (κ3) is 2.48. The zero-order chi connectivity index (χ0) is 14.3. The van der Waals surface area contributed by atoms with Crippen LogP contribution in [0.4, 0.5) is 23.5 Å². The average Bonchev–Trinajstić information content (AvgIpc) is 3.06. The second-order valence-corrected chi connectivity index (χ2v) is 4.70. The van der Waals surface area contributed by atoms with Gasteiger partial charge in [-0.15, -0.1) is 0 Å². The molecule has 1 aromatic heterocycles. The Morgan fingerprint density at radius 2 is 2.00 bits per heavy atom. The summed E-state index contributed by atoms with van der Waals surface area (Å²) in [6.07, 6.45) is 0.316. The third-order valence-corrected chi connectivity index (χ3v) is 3.08. The molecular formula is C13H11F4N3. The minimum Gasteiger partial charge on any atom is -0.353 e. The van der Waals surface area contributed by atoms with Gasteiger partial charge in [-0.2, -0.15) is 13.2 Å². The van der Waals surface area contributed by atoms with Gasteiger partial charge in [0, 0.05) is 18.4 Å². The molecule has 1 N–H and O–H groups in total. The van der Waals surface area contributed by atoms with Gasteiger partial charge >= 0.3 is 6.18 Å². The average molecular weight is 285 g/mol. The Bertz CT molecular complexity index is 629. The van der Waals surface area contributed by atoms with E-state index in [1.807, 2.05) is 0 Å². The van der Waals surface area contributed by atoms with Crippen molar-refractivity contribution >= 4 is 5.95 Å². The van der Waals surface area contributed by atoms with E-state index in [-0.39, 0.29) is 11.7 Å². The maximum Gasteiger partial charge on any atom is 0.416 e.